The fraction of sp³-hybridized carbons (Fsp3) is 0.500. The van der Waals surface area contributed by atoms with Crippen molar-refractivity contribution in [3.05, 3.63) is 35.4 Å². The molecular formula is C14H21NO3S. The highest BCUT2D eigenvalue weighted by Crippen LogP contribution is 2.09. The zero-order valence-electron chi connectivity index (χ0n) is 11.6. The second-order valence-electron chi connectivity index (χ2n) is 4.76. The molecule has 0 aromatic heterocycles. The normalized spacial score (nSPS) is 11.6. The smallest absolute Gasteiger partial charge is 0.251 e. The van der Waals surface area contributed by atoms with Crippen molar-refractivity contribution >= 4 is 15.7 Å². The molecule has 0 heterocycles. The van der Waals surface area contributed by atoms with Gasteiger partial charge in [-0.05, 0) is 30.5 Å². The Balaban J connectivity index is 2.84. The van der Waals surface area contributed by atoms with Crippen LogP contribution in [-0.2, 0) is 15.6 Å². The molecule has 0 saturated carbocycles. The lowest BCUT2D eigenvalue weighted by Crippen LogP contribution is -2.33. The van der Waals surface area contributed by atoms with Crippen molar-refractivity contribution in [1.82, 2.24) is 5.32 Å². The second kappa shape index (κ2) is 6.70. The number of amides is 1. The van der Waals surface area contributed by atoms with Crippen molar-refractivity contribution < 1.29 is 13.2 Å². The minimum atomic E-state index is -3.08. The number of sulfone groups is 1. The molecule has 0 aliphatic carbocycles. The molecule has 0 aliphatic rings. The number of hydrogen-bond donors (Lipinski definition) is 1. The van der Waals surface area contributed by atoms with Gasteiger partial charge in [0.15, 0.2) is 9.84 Å². The Labute approximate surface area is 115 Å². The van der Waals surface area contributed by atoms with Gasteiger partial charge in [-0.25, -0.2) is 8.42 Å². The summed E-state index contributed by atoms with van der Waals surface area (Å²) in [6, 6.07) is 6.92. The predicted molar refractivity (Wildman–Crippen MR) is 76.8 cm³/mol. The van der Waals surface area contributed by atoms with Gasteiger partial charge in [0.2, 0.25) is 0 Å². The maximum atomic E-state index is 12.0. The number of nitrogens with one attached hydrogen (secondary N) is 1. The summed E-state index contributed by atoms with van der Waals surface area (Å²) >= 11 is 0. The molecule has 0 fully saturated rings. The minimum absolute atomic E-state index is 0.0426. The molecule has 1 amide bonds. The number of hydrogen-bond acceptors (Lipinski definition) is 3. The summed E-state index contributed by atoms with van der Waals surface area (Å²) in [4.78, 5) is 12.0. The molecule has 4 nitrogen and oxygen atoms in total. The number of carbonyl (C=O) groups is 1. The minimum Gasteiger partial charge on any atom is -0.349 e. The topological polar surface area (TPSA) is 63.2 Å². The van der Waals surface area contributed by atoms with Crippen molar-refractivity contribution in [3.63, 3.8) is 0 Å². The summed E-state index contributed by atoms with van der Waals surface area (Å²) in [7, 11) is -3.08. The van der Waals surface area contributed by atoms with Gasteiger partial charge in [0.1, 0.15) is 0 Å². The molecule has 0 atom stereocenters. The Hall–Kier alpha value is -1.36. The van der Waals surface area contributed by atoms with Gasteiger partial charge >= 0.3 is 0 Å². The Morgan fingerprint density at radius 1 is 1.26 bits per heavy atom. The van der Waals surface area contributed by atoms with Crippen LogP contribution in [0.1, 0.15) is 42.6 Å². The summed E-state index contributed by atoms with van der Waals surface area (Å²) in [6.45, 7) is 4.04. The number of rotatable bonds is 6. The van der Waals surface area contributed by atoms with Crippen molar-refractivity contribution in [3.8, 4) is 0 Å². The first kappa shape index (κ1) is 15.7. The van der Waals surface area contributed by atoms with E-state index in [1.165, 1.54) is 6.26 Å². The first-order chi connectivity index (χ1) is 8.85. The fourth-order valence-corrected chi connectivity index (χ4v) is 2.65. The van der Waals surface area contributed by atoms with E-state index in [1.807, 2.05) is 13.8 Å². The molecule has 0 unspecified atom stereocenters. The zero-order chi connectivity index (χ0) is 14.5. The van der Waals surface area contributed by atoms with Gasteiger partial charge in [-0.1, -0.05) is 26.0 Å². The zero-order valence-corrected chi connectivity index (χ0v) is 12.5. The third-order valence-electron chi connectivity index (χ3n) is 2.94. The van der Waals surface area contributed by atoms with Gasteiger partial charge in [0.05, 0.1) is 5.75 Å². The molecule has 19 heavy (non-hydrogen) atoms. The summed E-state index contributed by atoms with van der Waals surface area (Å²) in [5.74, 6) is -0.192. The van der Waals surface area contributed by atoms with Crippen LogP contribution in [-0.4, -0.2) is 26.6 Å². The van der Waals surface area contributed by atoms with E-state index in [9.17, 15) is 13.2 Å². The Morgan fingerprint density at radius 2 is 1.89 bits per heavy atom. The highest BCUT2D eigenvalue weighted by Gasteiger charge is 2.12. The molecular weight excluding hydrogens is 262 g/mol. The molecule has 0 saturated heterocycles. The summed E-state index contributed by atoms with van der Waals surface area (Å²) < 4.78 is 22.5. The SMILES string of the molecule is CCC(CC)NC(=O)c1cccc(CS(C)(=O)=O)c1. The Morgan fingerprint density at radius 3 is 2.42 bits per heavy atom. The van der Waals surface area contributed by atoms with Gasteiger partial charge in [-0.3, -0.25) is 4.79 Å². The van der Waals surface area contributed by atoms with Crippen LogP contribution in [0.25, 0.3) is 0 Å². The van der Waals surface area contributed by atoms with Crippen LogP contribution in [0, 0.1) is 0 Å². The first-order valence-corrected chi connectivity index (χ1v) is 8.49. The molecule has 0 spiro atoms. The highest BCUT2D eigenvalue weighted by molar-refractivity contribution is 7.89. The monoisotopic (exact) mass is 283 g/mol. The lowest BCUT2D eigenvalue weighted by Gasteiger charge is -2.15. The fourth-order valence-electron chi connectivity index (χ4n) is 1.87. The molecule has 1 N–H and O–H groups in total. The molecule has 5 heteroatoms. The maximum absolute atomic E-state index is 12.0. The van der Waals surface area contributed by atoms with Crippen LogP contribution in [0.3, 0.4) is 0 Å². The third kappa shape index (κ3) is 5.42. The Kier molecular flexibility index (Phi) is 5.54. The van der Waals surface area contributed by atoms with E-state index in [-0.39, 0.29) is 17.7 Å². The van der Waals surface area contributed by atoms with Crippen LogP contribution < -0.4 is 5.32 Å². The van der Waals surface area contributed by atoms with Gasteiger partial charge in [-0.15, -0.1) is 0 Å². The molecule has 0 bridgehead atoms. The van der Waals surface area contributed by atoms with Crippen molar-refractivity contribution in [2.75, 3.05) is 6.26 Å². The van der Waals surface area contributed by atoms with Crippen LogP contribution in [0.4, 0.5) is 0 Å². The van der Waals surface area contributed by atoms with E-state index in [0.29, 0.717) is 11.1 Å². The average molecular weight is 283 g/mol. The quantitative estimate of drug-likeness (QED) is 0.870. The van der Waals surface area contributed by atoms with Gasteiger partial charge < -0.3 is 5.32 Å². The third-order valence-corrected chi connectivity index (χ3v) is 3.80. The average Bonchev–Trinajstić information content (AvgIpc) is 2.34. The molecule has 0 radical (unpaired) electrons. The summed E-state index contributed by atoms with van der Waals surface area (Å²) in [5, 5.41) is 2.93. The van der Waals surface area contributed by atoms with Gasteiger partial charge in [0, 0.05) is 17.9 Å². The van der Waals surface area contributed by atoms with Crippen LogP contribution in [0.2, 0.25) is 0 Å². The number of benzene rings is 1. The van der Waals surface area contributed by atoms with Crippen LogP contribution in [0.5, 0.6) is 0 Å². The molecule has 106 valence electrons. The lowest BCUT2D eigenvalue weighted by atomic mass is 10.1. The molecule has 1 aromatic carbocycles. The van der Waals surface area contributed by atoms with E-state index in [1.54, 1.807) is 24.3 Å². The highest BCUT2D eigenvalue weighted by atomic mass is 32.2. The van der Waals surface area contributed by atoms with E-state index < -0.39 is 9.84 Å². The lowest BCUT2D eigenvalue weighted by molar-refractivity contribution is 0.0934. The molecule has 0 aliphatic heterocycles. The van der Waals surface area contributed by atoms with Crippen LogP contribution in [0.15, 0.2) is 24.3 Å². The largest absolute Gasteiger partial charge is 0.349 e. The van der Waals surface area contributed by atoms with Crippen molar-refractivity contribution in [2.45, 2.75) is 38.5 Å². The Bertz CT molecular complexity index is 533. The maximum Gasteiger partial charge on any atom is 0.251 e. The molecule has 1 aromatic rings. The number of carbonyl (C=O) groups excluding carboxylic acids is 1. The van der Waals surface area contributed by atoms with Crippen LogP contribution >= 0.6 is 0 Å². The first-order valence-electron chi connectivity index (χ1n) is 6.43. The van der Waals surface area contributed by atoms with Crippen molar-refractivity contribution in [2.24, 2.45) is 0 Å². The predicted octanol–water partition coefficient (Wildman–Crippen LogP) is 2.15. The van der Waals surface area contributed by atoms with E-state index in [4.69, 9.17) is 0 Å². The van der Waals surface area contributed by atoms with Gasteiger partial charge in [0.25, 0.3) is 5.91 Å². The van der Waals surface area contributed by atoms with E-state index in [0.717, 1.165) is 12.8 Å². The second-order valence-corrected chi connectivity index (χ2v) is 6.90. The van der Waals surface area contributed by atoms with E-state index >= 15 is 0 Å². The summed E-state index contributed by atoms with van der Waals surface area (Å²) in [5.41, 5.74) is 1.15. The standard InChI is InChI=1S/C14H21NO3S/c1-4-13(5-2)15-14(16)12-8-6-7-11(9-12)10-19(3,17)18/h6-9,13H,4-5,10H2,1-3H3,(H,15,16). The van der Waals surface area contributed by atoms with Gasteiger partial charge in [-0.2, -0.15) is 0 Å². The van der Waals surface area contributed by atoms with Crippen molar-refractivity contribution in [1.29, 1.82) is 0 Å². The van der Waals surface area contributed by atoms with E-state index in [2.05, 4.69) is 5.32 Å². The summed E-state index contributed by atoms with van der Waals surface area (Å²) in [6.07, 6.45) is 2.94. The molecule has 1 rings (SSSR count).